The maximum absolute atomic E-state index is 9.47. The van der Waals surface area contributed by atoms with E-state index >= 15 is 0 Å². The van der Waals surface area contributed by atoms with Gasteiger partial charge in [0.2, 0.25) is 0 Å². The highest BCUT2D eigenvalue weighted by molar-refractivity contribution is 5.94. The Kier molecular flexibility index (Phi) is 5.20. The van der Waals surface area contributed by atoms with Crippen molar-refractivity contribution in [2.75, 3.05) is 31.1 Å². The third-order valence-corrected chi connectivity index (χ3v) is 6.60. The lowest BCUT2D eigenvalue weighted by atomic mass is 10.0. The summed E-state index contributed by atoms with van der Waals surface area (Å²) in [6.07, 6.45) is 3.66. The van der Waals surface area contributed by atoms with Crippen molar-refractivity contribution < 1.29 is 5.11 Å². The minimum absolute atomic E-state index is 0.00277. The number of pyridine rings is 1. The second kappa shape index (κ2) is 8.52. The van der Waals surface area contributed by atoms with Gasteiger partial charge < -0.3 is 15.3 Å². The summed E-state index contributed by atoms with van der Waals surface area (Å²) < 4.78 is 1.91. The molecule has 3 aromatic heterocycles. The predicted octanol–water partition coefficient (Wildman–Crippen LogP) is 3.82. The number of anilines is 1. The average molecular weight is 451 g/mol. The van der Waals surface area contributed by atoms with Gasteiger partial charge in [0.1, 0.15) is 0 Å². The van der Waals surface area contributed by atoms with Gasteiger partial charge in [-0.3, -0.25) is 4.98 Å². The van der Waals surface area contributed by atoms with E-state index in [0.29, 0.717) is 0 Å². The smallest absolute Gasteiger partial charge is 0.154 e. The third kappa shape index (κ3) is 3.59. The molecule has 0 bridgehead atoms. The quantitative estimate of drug-likeness (QED) is 0.433. The number of hydrogen-bond donors (Lipinski definition) is 2. The summed E-state index contributed by atoms with van der Waals surface area (Å²) in [5.41, 5.74) is 8.86. The number of imidazole rings is 1. The number of hydrogen-bond acceptors (Lipinski definition) is 6. The van der Waals surface area contributed by atoms with E-state index in [-0.39, 0.29) is 6.61 Å². The van der Waals surface area contributed by atoms with Crippen molar-refractivity contribution in [3.63, 3.8) is 0 Å². The predicted molar refractivity (Wildman–Crippen MR) is 135 cm³/mol. The van der Waals surface area contributed by atoms with Crippen molar-refractivity contribution in [3.8, 4) is 22.4 Å². The highest BCUT2D eigenvalue weighted by atomic mass is 16.3. The first-order valence-corrected chi connectivity index (χ1v) is 11.6. The molecule has 1 aliphatic heterocycles. The summed E-state index contributed by atoms with van der Waals surface area (Å²) in [6, 6.07) is 18.7. The Bertz CT molecular complexity index is 1490. The highest BCUT2D eigenvalue weighted by Crippen LogP contribution is 2.31. The van der Waals surface area contributed by atoms with E-state index in [4.69, 9.17) is 5.10 Å². The molecule has 0 aliphatic carbocycles. The van der Waals surface area contributed by atoms with Crippen molar-refractivity contribution in [1.29, 1.82) is 0 Å². The fourth-order valence-electron chi connectivity index (χ4n) is 4.77. The summed E-state index contributed by atoms with van der Waals surface area (Å²) in [7, 11) is 0. The Morgan fingerprint density at radius 3 is 2.56 bits per heavy atom. The summed E-state index contributed by atoms with van der Waals surface area (Å²) in [6.45, 7) is 6.16. The zero-order chi connectivity index (χ0) is 23.1. The highest BCUT2D eigenvalue weighted by Gasteiger charge is 2.15. The molecule has 170 valence electrons. The number of rotatable bonds is 4. The van der Waals surface area contributed by atoms with Gasteiger partial charge >= 0.3 is 0 Å². The van der Waals surface area contributed by atoms with E-state index < -0.39 is 0 Å². The normalized spacial score (nSPS) is 14.2. The summed E-state index contributed by atoms with van der Waals surface area (Å²) in [5.74, 6) is 0. The second-order valence-electron chi connectivity index (χ2n) is 8.71. The molecular formula is C27H26N6O. The molecule has 1 aliphatic rings. The molecule has 2 N–H and O–H groups in total. The van der Waals surface area contributed by atoms with Crippen LogP contribution < -0.4 is 10.2 Å². The van der Waals surface area contributed by atoms with E-state index in [2.05, 4.69) is 50.5 Å². The van der Waals surface area contributed by atoms with E-state index in [9.17, 15) is 5.11 Å². The van der Waals surface area contributed by atoms with Crippen LogP contribution in [-0.2, 0) is 6.61 Å². The summed E-state index contributed by atoms with van der Waals surface area (Å²) >= 11 is 0. The molecule has 7 heteroatoms. The number of nitrogens with one attached hydrogen (secondary N) is 1. The standard InChI is InChI=1S/C27H26N6O/c1-18-24(20-3-5-21(6-4-20)32-12-10-28-11-13-32)15-27-30-16-26(33(27)31-18)23-8-9-29-25-14-19(17-34)2-7-22(23)25/h2-9,14-16,28,34H,10-13,17H2,1H3. The monoisotopic (exact) mass is 450 g/mol. The van der Waals surface area contributed by atoms with Gasteiger partial charge in [-0.05, 0) is 48.4 Å². The van der Waals surface area contributed by atoms with Crippen LogP contribution in [-0.4, -0.2) is 50.9 Å². The Morgan fingerprint density at radius 2 is 1.76 bits per heavy atom. The Balaban J connectivity index is 1.39. The second-order valence-corrected chi connectivity index (χ2v) is 8.71. The lowest BCUT2D eigenvalue weighted by Crippen LogP contribution is -2.43. The number of aromatic nitrogens is 4. The zero-order valence-electron chi connectivity index (χ0n) is 19.1. The molecule has 0 atom stereocenters. The number of piperazine rings is 1. The van der Waals surface area contributed by atoms with Crippen LogP contribution in [0, 0.1) is 6.92 Å². The molecule has 0 saturated carbocycles. The van der Waals surface area contributed by atoms with Gasteiger partial charge in [0.05, 0.1) is 29.7 Å². The van der Waals surface area contributed by atoms with Gasteiger partial charge in [-0.15, -0.1) is 0 Å². The maximum Gasteiger partial charge on any atom is 0.154 e. The van der Waals surface area contributed by atoms with E-state index in [1.807, 2.05) is 41.9 Å². The maximum atomic E-state index is 9.47. The van der Waals surface area contributed by atoms with Crippen molar-refractivity contribution >= 4 is 22.2 Å². The molecule has 2 aromatic carbocycles. The molecular weight excluding hydrogens is 424 g/mol. The van der Waals surface area contributed by atoms with Crippen LogP contribution in [0.3, 0.4) is 0 Å². The van der Waals surface area contributed by atoms with Crippen LogP contribution in [0.1, 0.15) is 11.3 Å². The number of nitrogens with zero attached hydrogens (tertiary/aromatic N) is 5. The summed E-state index contributed by atoms with van der Waals surface area (Å²) in [5, 5.41) is 18.8. The van der Waals surface area contributed by atoms with Crippen LogP contribution in [0.4, 0.5) is 5.69 Å². The van der Waals surface area contributed by atoms with Crippen LogP contribution in [0.25, 0.3) is 38.9 Å². The fourth-order valence-corrected chi connectivity index (χ4v) is 4.77. The molecule has 34 heavy (non-hydrogen) atoms. The molecule has 0 unspecified atom stereocenters. The minimum Gasteiger partial charge on any atom is -0.392 e. The molecule has 1 saturated heterocycles. The first-order chi connectivity index (χ1) is 16.7. The van der Waals surface area contributed by atoms with Gasteiger partial charge in [0.15, 0.2) is 5.65 Å². The zero-order valence-corrected chi connectivity index (χ0v) is 19.1. The van der Waals surface area contributed by atoms with Crippen molar-refractivity contribution in [1.82, 2.24) is 24.9 Å². The number of aliphatic hydroxyl groups excluding tert-OH is 1. The lowest BCUT2D eigenvalue weighted by Gasteiger charge is -2.29. The van der Waals surface area contributed by atoms with Crippen LogP contribution in [0.5, 0.6) is 0 Å². The molecule has 0 spiro atoms. The number of benzene rings is 2. The number of aryl methyl sites for hydroxylation is 1. The molecule has 0 radical (unpaired) electrons. The van der Waals surface area contributed by atoms with Gasteiger partial charge in [-0.25, -0.2) is 9.50 Å². The molecule has 7 nitrogen and oxygen atoms in total. The van der Waals surface area contributed by atoms with Crippen molar-refractivity contribution in [2.45, 2.75) is 13.5 Å². The van der Waals surface area contributed by atoms with Crippen molar-refractivity contribution in [3.05, 3.63) is 78.2 Å². The fraction of sp³-hybridized carbons (Fsp3) is 0.222. The first-order valence-electron chi connectivity index (χ1n) is 11.6. The Hall–Kier alpha value is -3.81. The average Bonchev–Trinajstić information content (AvgIpc) is 3.30. The Morgan fingerprint density at radius 1 is 0.941 bits per heavy atom. The van der Waals surface area contributed by atoms with Crippen LogP contribution in [0.2, 0.25) is 0 Å². The largest absolute Gasteiger partial charge is 0.392 e. The van der Waals surface area contributed by atoms with Gasteiger partial charge in [-0.2, -0.15) is 5.10 Å². The topological polar surface area (TPSA) is 78.6 Å². The lowest BCUT2D eigenvalue weighted by molar-refractivity contribution is 0.282. The third-order valence-electron chi connectivity index (χ3n) is 6.60. The van der Waals surface area contributed by atoms with Crippen LogP contribution >= 0.6 is 0 Å². The van der Waals surface area contributed by atoms with E-state index in [0.717, 1.165) is 76.4 Å². The molecule has 1 fully saturated rings. The van der Waals surface area contributed by atoms with Crippen LogP contribution in [0.15, 0.2) is 67.0 Å². The first kappa shape index (κ1) is 20.8. The molecule has 0 amide bonds. The number of fused-ring (bicyclic) bond motifs is 2. The Labute approximate surface area is 197 Å². The van der Waals surface area contributed by atoms with Crippen molar-refractivity contribution in [2.24, 2.45) is 0 Å². The summed E-state index contributed by atoms with van der Waals surface area (Å²) in [4.78, 5) is 11.6. The minimum atomic E-state index is -0.00277. The number of aliphatic hydroxyl groups is 1. The van der Waals surface area contributed by atoms with E-state index in [1.165, 1.54) is 5.69 Å². The molecule has 5 aromatic rings. The van der Waals surface area contributed by atoms with Gasteiger partial charge in [0.25, 0.3) is 0 Å². The van der Waals surface area contributed by atoms with Gasteiger partial charge in [0, 0.05) is 54.6 Å². The van der Waals surface area contributed by atoms with E-state index in [1.54, 1.807) is 6.20 Å². The molecule has 6 rings (SSSR count). The SMILES string of the molecule is Cc1nn2c(-c3ccnc4cc(CO)ccc34)cnc2cc1-c1ccc(N2CCNCC2)cc1. The van der Waals surface area contributed by atoms with Gasteiger partial charge in [-0.1, -0.05) is 24.3 Å². The molecule has 4 heterocycles.